The molecule has 26 heavy (non-hydrogen) atoms. The van der Waals surface area contributed by atoms with Gasteiger partial charge in [-0.2, -0.15) is 0 Å². The minimum Gasteiger partial charge on any atom is -0.366 e. The van der Waals surface area contributed by atoms with Crippen LogP contribution in [0, 0.1) is 23.0 Å². The van der Waals surface area contributed by atoms with Gasteiger partial charge in [-0.1, -0.05) is 13.0 Å². The second-order valence-corrected chi connectivity index (χ2v) is 6.75. The van der Waals surface area contributed by atoms with E-state index in [-0.39, 0.29) is 11.3 Å². The Labute approximate surface area is 152 Å². The van der Waals surface area contributed by atoms with Crippen LogP contribution < -0.4 is 10.2 Å². The predicted octanol–water partition coefficient (Wildman–Crippen LogP) is 3.79. The fourth-order valence-corrected chi connectivity index (χ4v) is 3.12. The first kappa shape index (κ1) is 17.8. The van der Waals surface area contributed by atoms with Gasteiger partial charge in [0.25, 0.3) is 11.6 Å². The van der Waals surface area contributed by atoms with Crippen molar-refractivity contribution in [3.05, 3.63) is 57.8 Å². The largest absolute Gasteiger partial charge is 0.366 e. The van der Waals surface area contributed by atoms with E-state index >= 15 is 0 Å². The molecule has 1 aromatic carbocycles. The second-order valence-electron chi connectivity index (χ2n) is 6.75. The number of nitro benzene ring substituents is 1. The van der Waals surface area contributed by atoms with E-state index in [4.69, 9.17) is 0 Å². The summed E-state index contributed by atoms with van der Waals surface area (Å²) in [5.41, 5.74) is 1.61. The van der Waals surface area contributed by atoms with Crippen molar-refractivity contribution in [2.24, 2.45) is 5.92 Å². The smallest absolute Gasteiger partial charge is 0.293 e. The van der Waals surface area contributed by atoms with Crippen LogP contribution in [0.25, 0.3) is 0 Å². The van der Waals surface area contributed by atoms with Crippen LogP contribution in [-0.2, 0) is 0 Å². The number of nitrogens with one attached hydrogen (secondary N) is 1. The minimum absolute atomic E-state index is 0.0371. The Bertz CT molecular complexity index is 829. The summed E-state index contributed by atoms with van der Waals surface area (Å²) in [4.78, 5) is 29.8. The first-order valence-electron chi connectivity index (χ1n) is 8.72. The lowest BCUT2D eigenvalue weighted by atomic mass is 9.98. The van der Waals surface area contributed by atoms with E-state index in [0.29, 0.717) is 17.4 Å². The first-order chi connectivity index (χ1) is 12.5. The Morgan fingerprint density at radius 2 is 2.04 bits per heavy atom. The molecule has 0 aliphatic carbocycles. The number of nitro groups is 1. The number of aryl methyl sites for hydroxylation is 1. The van der Waals surface area contributed by atoms with E-state index in [1.54, 1.807) is 24.4 Å². The van der Waals surface area contributed by atoms with Crippen molar-refractivity contribution in [3.63, 3.8) is 0 Å². The van der Waals surface area contributed by atoms with E-state index in [1.807, 2.05) is 17.9 Å². The molecule has 1 aromatic heterocycles. The quantitative estimate of drug-likeness (QED) is 0.667. The number of nitrogens with zero attached hydrogens (tertiary/aromatic N) is 3. The summed E-state index contributed by atoms with van der Waals surface area (Å²) in [6, 6.07) is 8.28. The lowest BCUT2D eigenvalue weighted by Gasteiger charge is -2.31. The van der Waals surface area contributed by atoms with Crippen molar-refractivity contribution >= 4 is 23.1 Å². The Kier molecular flexibility index (Phi) is 5.16. The van der Waals surface area contributed by atoms with Crippen LogP contribution in [0.1, 0.15) is 35.7 Å². The molecule has 1 amide bonds. The number of carbonyl (C=O) groups excluding carboxylic acids is 1. The van der Waals surface area contributed by atoms with Crippen molar-refractivity contribution in [3.8, 4) is 0 Å². The van der Waals surface area contributed by atoms with Crippen molar-refractivity contribution in [1.29, 1.82) is 0 Å². The minimum atomic E-state index is -0.420. The number of pyridine rings is 1. The standard InChI is InChI=1S/C19H22N4O3/c1-13-7-10-22(11-8-13)16-6-5-15(12-17(16)23(25)26)19(24)21-18-14(2)4-3-9-20-18/h3-6,9,12-13H,7-8,10-11H2,1-2H3,(H,20,21,24). The maximum absolute atomic E-state index is 12.5. The van der Waals surface area contributed by atoms with Crippen molar-refractivity contribution in [2.45, 2.75) is 26.7 Å². The highest BCUT2D eigenvalue weighted by Crippen LogP contribution is 2.32. The topological polar surface area (TPSA) is 88.4 Å². The first-order valence-corrected chi connectivity index (χ1v) is 8.72. The van der Waals surface area contributed by atoms with Gasteiger partial charge in [-0.25, -0.2) is 4.98 Å². The number of amides is 1. The molecule has 1 saturated heterocycles. The predicted molar refractivity (Wildman–Crippen MR) is 101 cm³/mol. The van der Waals surface area contributed by atoms with Gasteiger partial charge in [0.2, 0.25) is 0 Å². The maximum atomic E-state index is 12.5. The van der Waals surface area contributed by atoms with Gasteiger partial charge < -0.3 is 10.2 Å². The molecule has 0 bridgehead atoms. The van der Waals surface area contributed by atoms with E-state index in [1.165, 1.54) is 6.07 Å². The second kappa shape index (κ2) is 7.51. The summed E-state index contributed by atoms with van der Waals surface area (Å²) in [7, 11) is 0. The number of rotatable bonds is 4. The molecule has 7 nitrogen and oxygen atoms in total. The van der Waals surface area contributed by atoms with Gasteiger partial charge in [0.1, 0.15) is 11.5 Å². The SMILES string of the molecule is Cc1cccnc1NC(=O)c1ccc(N2CCC(C)CC2)c([N+](=O)[O-])c1. The summed E-state index contributed by atoms with van der Waals surface area (Å²) < 4.78 is 0. The van der Waals surface area contributed by atoms with E-state index in [9.17, 15) is 14.9 Å². The summed E-state index contributed by atoms with van der Waals surface area (Å²) in [6.07, 6.45) is 3.61. The van der Waals surface area contributed by atoms with E-state index in [2.05, 4.69) is 17.2 Å². The van der Waals surface area contributed by atoms with Gasteiger partial charge >= 0.3 is 0 Å². The third-order valence-corrected chi connectivity index (χ3v) is 4.80. The van der Waals surface area contributed by atoms with Crippen LogP contribution >= 0.6 is 0 Å². The van der Waals surface area contributed by atoms with Gasteiger partial charge in [0, 0.05) is 30.9 Å². The monoisotopic (exact) mass is 354 g/mol. The molecule has 0 atom stereocenters. The normalized spacial score (nSPS) is 14.9. The molecular weight excluding hydrogens is 332 g/mol. The highest BCUT2D eigenvalue weighted by Gasteiger charge is 2.25. The molecule has 1 aliphatic rings. The molecule has 0 saturated carbocycles. The third-order valence-electron chi connectivity index (χ3n) is 4.80. The number of piperidine rings is 1. The molecule has 1 aliphatic heterocycles. The molecule has 0 radical (unpaired) electrons. The number of benzene rings is 1. The number of aromatic nitrogens is 1. The van der Waals surface area contributed by atoms with Crippen molar-refractivity contribution < 1.29 is 9.72 Å². The Morgan fingerprint density at radius 3 is 2.69 bits per heavy atom. The Balaban J connectivity index is 1.85. The summed E-state index contributed by atoms with van der Waals surface area (Å²) in [6.45, 7) is 5.62. The summed E-state index contributed by atoms with van der Waals surface area (Å²) >= 11 is 0. The van der Waals surface area contributed by atoms with E-state index < -0.39 is 10.8 Å². The third kappa shape index (κ3) is 3.82. The van der Waals surface area contributed by atoms with Gasteiger partial charge in [0.05, 0.1) is 4.92 Å². The molecule has 1 N–H and O–H groups in total. The number of hydrogen-bond donors (Lipinski definition) is 1. The molecule has 2 heterocycles. The Hall–Kier alpha value is -2.96. The highest BCUT2D eigenvalue weighted by molar-refractivity contribution is 6.05. The molecular formula is C19H22N4O3. The van der Waals surface area contributed by atoms with Crippen molar-refractivity contribution in [1.82, 2.24) is 4.98 Å². The molecule has 136 valence electrons. The highest BCUT2D eigenvalue weighted by atomic mass is 16.6. The molecule has 0 spiro atoms. The zero-order valence-electron chi connectivity index (χ0n) is 14.9. The fourth-order valence-electron chi connectivity index (χ4n) is 3.12. The lowest BCUT2D eigenvalue weighted by Crippen LogP contribution is -2.33. The van der Waals surface area contributed by atoms with Gasteiger partial charge in [-0.15, -0.1) is 0 Å². The van der Waals surface area contributed by atoms with Crippen LogP contribution in [0.2, 0.25) is 0 Å². The maximum Gasteiger partial charge on any atom is 0.293 e. The molecule has 7 heteroatoms. The van der Waals surface area contributed by atoms with Crippen LogP contribution in [-0.4, -0.2) is 28.9 Å². The average molecular weight is 354 g/mol. The van der Waals surface area contributed by atoms with Crippen LogP contribution in [0.15, 0.2) is 36.5 Å². The van der Waals surface area contributed by atoms with Crippen LogP contribution in [0.3, 0.4) is 0 Å². The Morgan fingerprint density at radius 1 is 1.31 bits per heavy atom. The fraction of sp³-hybridized carbons (Fsp3) is 0.368. The number of carbonyl (C=O) groups is 1. The molecule has 2 aromatic rings. The summed E-state index contributed by atoms with van der Waals surface area (Å²) in [5, 5.41) is 14.3. The zero-order chi connectivity index (χ0) is 18.7. The van der Waals surface area contributed by atoms with Crippen molar-refractivity contribution in [2.75, 3.05) is 23.3 Å². The summed E-state index contributed by atoms with van der Waals surface area (Å²) in [5.74, 6) is 0.680. The zero-order valence-corrected chi connectivity index (χ0v) is 14.9. The number of anilines is 2. The molecule has 0 unspecified atom stereocenters. The van der Waals surface area contributed by atoms with Gasteiger partial charge in [0.15, 0.2) is 0 Å². The average Bonchev–Trinajstić information content (AvgIpc) is 2.63. The van der Waals surface area contributed by atoms with Gasteiger partial charge in [-0.3, -0.25) is 14.9 Å². The van der Waals surface area contributed by atoms with Crippen LogP contribution in [0.5, 0.6) is 0 Å². The van der Waals surface area contributed by atoms with Crippen LogP contribution in [0.4, 0.5) is 17.2 Å². The number of hydrogen-bond acceptors (Lipinski definition) is 5. The van der Waals surface area contributed by atoms with E-state index in [0.717, 1.165) is 31.5 Å². The van der Waals surface area contributed by atoms with Gasteiger partial charge in [-0.05, 0) is 49.4 Å². The molecule has 3 rings (SSSR count). The lowest BCUT2D eigenvalue weighted by molar-refractivity contribution is -0.384. The molecule has 1 fully saturated rings.